The van der Waals surface area contributed by atoms with E-state index in [1.165, 1.54) is 0 Å². The molecule has 1 aliphatic heterocycles. The number of aromatic nitrogens is 2. The summed E-state index contributed by atoms with van der Waals surface area (Å²) in [5, 5.41) is 17.5. The highest BCUT2D eigenvalue weighted by Gasteiger charge is 2.55. The van der Waals surface area contributed by atoms with Gasteiger partial charge in [0.2, 0.25) is 0 Å². The number of urea groups is 1. The fourth-order valence-electron chi connectivity index (χ4n) is 4.36. The average Bonchev–Trinajstić information content (AvgIpc) is 3.29. The van der Waals surface area contributed by atoms with Crippen LogP contribution in [0.5, 0.6) is 0 Å². The van der Waals surface area contributed by atoms with Crippen LogP contribution in [0.15, 0.2) is 30.5 Å². The van der Waals surface area contributed by atoms with Crippen molar-refractivity contribution in [1.82, 2.24) is 14.7 Å². The van der Waals surface area contributed by atoms with Crippen LogP contribution in [-0.4, -0.2) is 44.9 Å². The zero-order valence-corrected chi connectivity index (χ0v) is 15.7. The van der Waals surface area contributed by atoms with Gasteiger partial charge in [0, 0.05) is 18.1 Å². The maximum atomic E-state index is 12.7. The van der Waals surface area contributed by atoms with Crippen molar-refractivity contribution < 1.29 is 14.7 Å². The van der Waals surface area contributed by atoms with Crippen molar-refractivity contribution in [3.05, 3.63) is 41.2 Å². The molecule has 1 aromatic carbocycles. The monoisotopic (exact) mass is 388 g/mol. The smallest absolute Gasteiger partial charge is 0.321 e. The van der Waals surface area contributed by atoms with E-state index in [0.29, 0.717) is 23.7 Å². The van der Waals surface area contributed by atoms with Gasteiger partial charge in [0.25, 0.3) is 0 Å². The molecule has 8 heteroatoms. The highest BCUT2D eigenvalue weighted by atomic mass is 35.5. The van der Waals surface area contributed by atoms with Gasteiger partial charge < -0.3 is 15.3 Å². The lowest BCUT2D eigenvalue weighted by Crippen LogP contribution is -2.38. The van der Waals surface area contributed by atoms with Crippen molar-refractivity contribution in [2.75, 3.05) is 18.4 Å². The van der Waals surface area contributed by atoms with Gasteiger partial charge in [0.15, 0.2) is 0 Å². The summed E-state index contributed by atoms with van der Waals surface area (Å²) in [7, 11) is 0. The number of hydrogen-bond donors (Lipinski definition) is 2. The van der Waals surface area contributed by atoms with Crippen LogP contribution in [0.2, 0.25) is 5.02 Å². The van der Waals surface area contributed by atoms with Crippen LogP contribution in [0.25, 0.3) is 5.69 Å². The second kappa shape index (κ2) is 6.56. The Bertz CT molecular complexity index is 895. The van der Waals surface area contributed by atoms with Crippen LogP contribution in [0, 0.1) is 18.3 Å². The number of anilines is 1. The molecule has 0 bridgehead atoms. The number of carboxylic acid groups (broad SMARTS) is 1. The number of benzene rings is 1. The van der Waals surface area contributed by atoms with E-state index >= 15 is 0 Å². The Balaban J connectivity index is 1.50. The quantitative estimate of drug-likeness (QED) is 0.841. The molecule has 142 valence electrons. The summed E-state index contributed by atoms with van der Waals surface area (Å²) >= 11 is 5.93. The van der Waals surface area contributed by atoms with Crippen LogP contribution in [0.3, 0.4) is 0 Å². The number of carboxylic acids is 1. The highest BCUT2D eigenvalue weighted by Crippen LogP contribution is 2.48. The van der Waals surface area contributed by atoms with E-state index in [1.54, 1.807) is 27.9 Å². The third kappa shape index (κ3) is 2.96. The zero-order valence-electron chi connectivity index (χ0n) is 15.0. The van der Waals surface area contributed by atoms with Gasteiger partial charge in [-0.3, -0.25) is 4.79 Å². The Labute approximate surface area is 161 Å². The molecule has 1 aliphatic carbocycles. The predicted molar refractivity (Wildman–Crippen MR) is 101 cm³/mol. The predicted octanol–water partition coefficient (Wildman–Crippen LogP) is 3.55. The summed E-state index contributed by atoms with van der Waals surface area (Å²) in [5.41, 5.74) is 1.46. The molecule has 1 saturated carbocycles. The standard InChI is InChI=1S/C19H21ClN4O3/c1-12-16(9-21-24(12)15-6-4-14(20)5-7-15)22-18(27)23-10-13-3-2-8-19(13,11-23)17(25)26/h4-7,9,13H,2-3,8,10-11H2,1H3,(H,22,27)(H,25,26)/t13-,19+/m0/s1. The number of carbonyl (C=O) groups is 2. The molecule has 2 fully saturated rings. The van der Waals surface area contributed by atoms with E-state index in [1.807, 2.05) is 19.1 Å². The van der Waals surface area contributed by atoms with Crippen LogP contribution in [0.4, 0.5) is 10.5 Å². The third-order valence-electron chi connectivity index (χ3n) is 5.91. The molecule has 0 radical (unpaired) electrons. The van der Waals surface area contributed by atoms with E-state index in [4.69, 9.17) is 11.6 Å². The fraction of sp³-hybridized carbons (Fsp3) is 0.421. The molecule has 27 heavy (non-hydrogen) atoms. The van der Waals surface area contributed by atoms with Gasteiger partial charge in [-0.15, -0.1) is 0 Å². The summed E-state index contributed by atoms with van der Waals surface area (Å²) in [6, 6.07) is 7.00. The number of nitrogens with one attached hydrogen (secondary N) is 1. The average molecular weight is 389 g/mol. The molecule has 4 rings (SSSR count). The van der Waals surface area contributed by atoms with Gasteiger partial charge in [-0.25, -0.2) is 9.48 Å². The molecule has 0 unspecified atom stereocenters. The normalized spacial score (nSPS) is 24.1. The molecule has 2 N–H and O–H groups in total. The molecule has 2 amide bonds. The first kappa shape index (κ1) is 17.9. The van der Waals surface area contributed by atoms with Crippen LogP contribution in [0.1, 0.15) is 25.0 Å². The summed E-state index contributed by atoms with van der Waals surface area (Å²) in [6.45, 7) is 2.63. The SMILES string of the molecule is Cc1c(NC(=O)N2C[C@@H]3CCC[C@@]3(C(=O)O)C2)cnn1-c1ccc(Cl)cc1. The lowest BCUT2D eigenvalue weighted by atomic mass is 9.81. The second-order valence-corrected chi connectivity index (χ2v) is 7.83. The van der Waals surface area contributed by atoms with Gasteiger partial charge >= 0.3 is 12.0 Å². The Morgan fingerprint density at radius 1 is 1.33 bits per heavy atom. The highest BCUT2D eigenvalue weighted by molar-refractivity contribution is 6.30. The van der Waals surface area contributed by atoms with E-state index < -0.39 is 11.4 Å². The molecule has 2 atom stereocenters. The number of fused-ring (bicyclic) bond motifs is 1. The van der Waals surface area contributed by atoms with Crippen molar-refractivity contribution >= 4 is 29.3 Å². The summed E-state index contributed by atoms with van der Waals surface area (Å²) < 4.78 is 1.73. The first-order valence-corrected chi connectivity index (χ1v) is 9.38. The molecular formula is C19H21ClN4O3. The fourth-order valence-corrected chi connectivity index (χ4v) is 4.49. The topological polar surface area (TPSA) is 87.5 Å². The molecule has 7 nitrogen and oxygen atoms in total. The first-order valence-electron chi connectivity index (χ1n) is 9.00. The Morgan fingerprint density at radius 2 is 2.07 bits per heavy atom. The summed E-state index contributed by atoms with van der Waals surface area (Å²) in [5.74, 6) is -0.745. The molecule has 1 aromatic heterocycles. The van der Waals surface area contributed by atoms with Gasteiger partial charge in [-0.05, 0) is 49.9 Å². The number of hydrogen-bond acceptors (Lipinski definition) is 3. The minimum Gasteiger partial charge on any atom is -0.481 e. The second-order valence-electron chi connectivity index (χ2n) is 7.39. The minimum atomic E-state index is -0.785. The lowest BCUT2D eigenvalue weighted by molar-refractivity contribution is -0.149. The van der Waals surface area contributed by atoms with E-state index in [9.17, 15) is 14.7 Å². The Hall–Kier alpha value is -2.54. The Kier molecular flexibility index (Phi) is 4.34. The number of carbonyl (C=O) groups excluding carboxylic acids is 1. The molecule has 1 saturated heterocycles. The number of likely N-dealkylation sites (tertiary alicyclic amines) is 1. The molecule has 0 spiro atoms. The number of aliphatic carboxylic acids is 1. The van der Waals surface area contributed by atoms with Crippen molar-refractivity contribution in [2.24, 2.45) is 11.3 Å². The Morgan fingerprint density at radius 3 is 2.74 bits per heavy atom. The maximum Gasteiger partial charge on any atom is 0.321 e. The molecule has 2 heterocycles. The zero-order chi connectivity index (χ0) is 19.2. The van der Waals surface area contributed by atoms with Crippen LogP contribution >= 0.6 is 11.6 Å². The van der Waals surface area contributed by atoms with Crippen LogP contribution < -0.4 is 5.32 Å². The van der Waals surface area contributed by atoms with E-state index in [0.717, 1.165) is 24.2 Å². The van der Waals surface area contributed by atoms with Crippen LogP contribution in [-0.2, 0) is 4.79 Å². The van der Waals surface area contributed by atoms with Crippen molar-refractivity contribution in [2.45, 2.75) is 26.2 Å². The van der Waals surface area contributed by atoms with Gasteiger partial charge in [-0.1, -0.05) is 18.0 Å². The number of rotatable bonds is 3. The van der Waals surface area contributed by atoms with Gasteiger partial charge in [0.05, 0.1) is 28.7 Å². The number of amides is 2. The third-order valence-corrected chi connectivity index (χ3v) is 6.16. The van der Waals surface area contributed by atoms with Crippen molar-refractivity contribution in [3.63, 3.8) is 0 Å². The van der Waals surface area contributed by atoms with Crippen molar-refractivity contribution in [3.8, 4) is 5.69 Å². The summed E-state index contributed by atoms with van der Waals surface area (Å²) in [6.07, 6.45) is 4.03. The number of nitrogens with zero attached hydrogens (tertiary/aromatic N) is 3. The van der Waals surface area contributed by atoms with Crippen molar-refractivity contribution in [1.29, 1.82) is 0 Å². The molecular weight excluding hydrogens is 368 g/mol. The number of halogens is 1. The maximum absolute atomic E-state index is 12.7. The van der Waals surface area contributed by atoms with E-state index in [-0.39, 0.29) is 18.5 Å². The first-order chi connectivity index (χ1) is 12.9. The van der Waals surface area contributed by atoms with Gasteiger partial charge in [0.1, 0.15) is 0 Å². The van der Waals surface area contributed by atoms with Gasteiger partial charge in [-0.2, -0.15) is 5.10 Å². The summed E-state index contributed by atoms with van der Waals surface area (Å²) in [4.78, 5) is 26.1. The minimum absolute atomic E-state index is 0.0404. The largest absolute Gasteiger partial charge is 0.481 e. The van der Waals surface area contributed by atoms with E-state index in [2.05, 4.69) is 10.4 Å². The molecule has 2 aromatic rings. The lowest BCUT2D eigenvalue weighted by Gasteiger charge is -2.23. The molecule has 2 aliphatic rings.